The van der Waals surface area contributed by atoms with E-state index in [2.05, 4.69) is 53.3 Å². The maximum Gasteiger partial charge on any atom is 0.223 e. The zero-order chi connectivity index (χ0) is 19.5. The van der Waals surface area contributed by atoms with Gasteiger partial charge >= 0.3 is 0 Å². The third kappa shape index (κ3) is 4.27. The second kappa shape index (κ2) is 8.69. The number of amides is 1. The van der Waals surface area contributed by atoms with Gasteiger partial charge in [0.25, 0.3) is 0 Å². The Bertz CT molecular complexity index is 805. The van der Waals surface area contributed by atoms with Gasteiger partial charge in [-0.15, -0.1) is 0 Å². The highest BCUT2D eigenvalue weighted by Crippen LogP contribution is 2.26. The molecule has 1 saturated heterocycles. The number of aromatic amines is 1. The van der Waals surface area contributed by atoms with Crippen LogP contribution in [0.3, 0.4) is 0 Å². The maximum atomic E-state index is 12.6. The van der Waals surface area contributed by atoms with Gasteiger partial charge in [0.15, 0.2) is 0 Å². The summed E-state index contributed by atoms with van der Waals surface area (Å²) in [5, 5.41) is 4.75. The van der Waals surface area contributed by atoms with Gasteiger partial charge in [-0.3, -0.25) is 4.79 Å². The highest BCUT2D eigenvalue weighted by molar-refractivity contribution is 5.84. The van der Waals surface area contributed by atoms with Crippen LogP contribution in [0.2, 0.25) is 0 Å². The average Bonchev–Trinajstić information content (AvgIpc) is 3.04. The molecule has 4 nitrogen and oxygen atoms in total. The number of carbonyl (C=O) groups is 1. The van der Waals surface area contributed by atoms with Crippen molar-refractivity contribution in [1.29, 1.82) is 0 Å². The molecule has 1 amide bonds. The number of piperidine rings is 1. The summed E-state index contributed by atoms with van der Waals surface area (Å²) in [4.78, 5) is 18.7. The van der Waals surface area contributed by atoms with Crippen LogP contribution in [-0.2, 0) is 11.2 Å². The second-order valence-corrected chi connectivity index (χ2v) is 9.04. The van der Waals surface area contributed by atoms with Gasteiger partial charge in [0.2, 0.25) is 5.91 Å². The van der Waals surface area contributed by atoms with Crippen LogP contribution in [0.15, 0.2) is 24.3 Å². The third-order valence-electron chi connectivity index (χ3n) is 7.00. The van der Waals surface area contributed by atoms with E-state index in [-0.39, 0.29) is 5.92 Å². The van der Waals surface area contributed by atoms with Crippen molar-refractivity contribution < 1.29 is 4.79 Å². The van der Waals surface area contributed by atoms with Gasteiger partial charge in [-0.1, -0.05) is 44.4 Å². The number of carbonyl (C=O) groups excluding carboxylic acids is 1. The van der Waals surface area contributed by atoms with Crippen LogP contribution in [-0.4, -0.2) is 41.5 Å². The van der Waals surface area contributed by atoms with E-state index in [0.717, 1.165) is 45.3 Å². The van der Waals surface area contributed by atoms with E-state index in [9.17, 15) is 4.79 Å². The molecule has 1 aromatic carbocycles. The number of para-hydroxylation sites is 1. The van der Waals surface area contributed by atoms with Crippen LogP contribution in [0.4, 0.5) is 0 Å². The van der Waals surface area contributed by atoms with E-state index in [0.29, 0.717) is 17.9 Å². The Hall–Kier alpha value is -1.81. The quantitative estimate of drug-likeness (QED) is 0.805. The molecule has 0 bridgehead atoms. The standard InChI is InChI=1S/C24H35N3O/c1-17-16-27(14-12-20-18(2)25-23-11-7-6-10-21(20)23)15-13-22(17)26-24(28)19-8-4-3-5-9-19/h6-7,10-11,17,19,22,25H,3-5,8-9,12-16H2,1-2H3,(H,26,28). The van der Waals surface area contributed by atoms with Crippen molar-refractivity contribution in [3.05, 3.63) is 35.5 Å². The number of aryl methyl sites for hydroxylation is 1. The van der Waals surface area contributed by atoms with Crippen LogP contribution in [0.25, 0.3) is 10.9 Å². The second-order valence-electron chi connectivity index (χ2n) is 9.04. The summed E-state index contributed by atoms with van der Waals surface area (Å²) in [5.74, 6) is 1.11. The summed E-state index contributed by atoms with van der Waals surface area (Å²) < 4.78 is 0. The minimum atomic E-state index is 0.267. The Morgan fingerprint density at radius 2 is 1.96 bits per heavy atom. The molecule has 2 aromatic rings. The molecule has 1 aromatic heterocycles. The fourth-order valence-electron chi connectivity index (χ4n) is 5.24. The number of fused-ring (bicyclic) bond motifs is 1. The van der Waals surface area contributed by atoms with Gasteiger partial charge in [0.05, 0.1) is 0 Å². The van der Waals surface area contributed by atoms with Gasteiger partial charge in [0, 0.05) is 48.2 Å². The predicted molar refractivity (Wildman–Crippen MR) is 115 cm³/mol. The lowest BCUT2D eigenvalue weighted by molar-refractivity contribution is -0.127. The van der Waals surface area contributed by atoms with Crippen LogP contribution >= 0.6 is 0 Å². The van der Waals surface area contributed by atoms with Crippen LogP contribution in [0, 0.1) is 18.8 Å². The number of H-pyrrole nitrogens is 1. The number of aromatic nitrogens is 1. The first-order valence-corrected chi connectivity index (χ1v) is 11.2. The van der Waals surface area contributed by atoms with Crippen molar-refractivity contribution in [2.75, 3.05) is 19.6 Å². The first-order chi connectivity index (χ1) is 13.6. The number of benzene rings is 1. The summed E-state index contributed by atoms with van der Waals surface area (Å²) in [6, 6.07) is 8.95. The first kappa shape index (κ1) is 19.5. The zero-order valence-electron chi connectivity index (χ0n) is 17.5. The number of hydrogen-bond acceptors (Lipinski definition) is 2. The normalized spacial score (nSPS) is 24.5. The fraction of sp³-hybridized carbons (Fsp3) is 0.625. The topological polar surface area (TPSA) is 48.1 Å². The number of nitrogens with one attached hydrogen (secondary N) is 2. The Kier molecular flexibility index (Phi) is 6.05. The molecule has 2 atom stereocenters. The average molecular weight is 382 g/mol. The lowest BCUT2D eigenvalue weighted by Crippen LogP contribution is -2.51. The molecule has 2 fully saturated rings. The number of likely N-dealkylation sites (tertiary alicyclic amines) is 1. The summed E-state index contributed by atoms with van der Waals surface area (Å²) in [7, 11) is 0. The molecule has 4 heteroatoms. The molecule has 2 aliphatic rings. The summed E-state index contributed by atoms with van der Waals surface area (Å²) >= 11 is 0. The van der Waals surface area contributed by atoms with E-state index >= 15 is 0 Å². The van der Waals surface area contributed by atoms with Crippen molar-refractivity contribution in [3.63, 3.8) is 0 Å². The Morgan fingerprint density at radius 3 is 2.75 bits per heavy atom. The SMILES string of the molecule is Cc1[nH]c2ccccc2c1CCN1CCC(NC(=O)C2CCCCC2)C(C)C1. The van der Waals surface area contributed by atoms with Crippen molar-refractivity contribution in [2.24, 2.45) is 11.8 Å². The Labute approximate surface area is 169 Å². The molecule has 28 heavy (non-hydrogen) atoms. The smallest absolute Gasteiger partial charge is 0.223 e. The van der Waals surface area contributed by atoms with Gasteiger partial charge < -0.3 is 15.2 Å². The van der Waals surface area contributed by atoms with Crippen LogP contribution < -0.4 is 5.32 Å². The lowest BCUT2D eigenvalue weighted by atomic mass is 9.87. The van der Waals surface area contributed by atoms with Crippen LogP contribution in [0.1, 0.15) is 56.7 Å². The highest BCUT2D eigenvalue weighted by atomic mass is 16.1. The molecule has 0 spiro atoms. The molecule has 2 heterocycles. The zero-order valence-corrected chi connectivity index (χ0v) is 17.5. The largest absolute Gasteiger partial charge is 0.358 e. The van der Waals surface area contributed by atoms with E-state index < -0.39 is 0 Å². The third-order valence-corrected chi connectivity index (χ3v) is 7.00. The number of hydrogen-bond donors (Lipinski definition) is 2. The van der Waals surface area contributed by atoms with Crippen LogP contribution in [0.5, 0.6) is 0 Å². The van der Waals surface area contributed by atoms with Crippen molar-refractivity contribution in [3.8, 4) is 0 Å². The van der Waals surface area contributed by atoms with Crippen molar-refractivity contribution in [2.45, 2.75) is 64.8 Å². The molecule has 0 radical (unpaired) electrons. The molecule has 1 aliphatic carbocycles. The molecule has 2 N–H and O–H groups in total. The number of nitrogens with zero attached hydrogens (tertiary/aromatic N) is 1. The molecule has 1 saturated carbocycles. The summed E-state index contributed by atoms with van der Waals surface area (Å²) in [6.07, 6.45) is 8.08. The van der Waals surface area contributed by atoms with Crippen molar-refractivity contribution in [1.82, 2.24) is 15.2 Å². The molecule has 4 rings (SSSR count). The minimum absolute atomic E-state index is 0.267. The van der Waals surface area contributed by atoms with E-state index in [1.165, 1.54) is 41.4 Å². The van der Waals surface area contributed by atoms with Gasteiger partial charge in [-0.25, -0.2) is 0 Å². The maximum absolute atomic E-state index is 12.6. The Balaban J connectivity index is 1.29. The molecule has 2 unspecified atom stereocenters. The first-order valence-electron chi connectivity index (χ1n) is 11.2. The predicted octanol–water partition coefficient (Wildman–Crippen LogP) is 4.43. The van der Waals surface area contributed by atoms with Crippen molar-refractivity contribution >= 4 is 16.8 Å². The highest BCUT2D eigenvalue weighted by Gasteiger charge is 2.30. The van der Waals surface area contributed by atoms with E-state index in [4.69, 9.17) is 0 Å². The summed E-state index contributed by atoms with van der Waals surface area (Å²) in [6.45, 7) is 7.74. The monoisotopic (exact) mass is 381 g/mol. The Morgan fingerprint density at radius 1 is 1.18 bits per heavy atom. The molecule has 152 valence electrons. The number of rotatable bonds is 5. The molecular weight excluding hydrogens is 346 g/mol. The van der Waals surface area contributed by atoms with E-state index in [1.54, 1.807) is 0 Å². The molecule has 1 aliphatic heterocycles. The van der Waals surface area contributed by atoms with Gasteiger partial charge in [0.1, 0.15) is 0 Å². The van der Waals surface area contributed by atoms with Gasteiger partial charge in [-0.2, -0.15) is 0 Å². The molecular formula is C24H35N3O. The minimum Gasteiger partial charge on any atom is -0.358 e. The fourth-order valence-corrected chi connectivity index (χ4v) is 5.24. The van der Waals surface area contributed by atoms with E-state index in [1.807, 2.05) is 0 Å². The lowest BCUT2D eigenvalue weighted by Gasteiger charge is -2.38. The van der Waals surface area contributed by atoms with Gasteiger partial charge in [-0.05, 0) is 50.2 Å². The summed E-state index contributed by atoms with van der Waals surface area (Å²) in [5.41, 5.74) is 3.99.